The summed E-state index contributed by atoms with van der Waals surface area (Å²) in [7, 11) is 0. The van der Waals surface area contributed by atoms with Crippen LogP contribution >= 0.6 is 0 Å². The topological polar surface area (TPSA) is 88.0 Å². The van der Waals surface area contributed by atoms with E-state index in [1.165, 1.54) is 6.07 Å². The third-order valence-corrected chi connectivity index (χ3v) is 2.06. The molecule has 0 saturated heterocycles. The van der Waals surface area contributed by atoms with Crippen LogP contribution < -0.4 is 5.56 Å². The zero-order valence-corrected chi connectivity index (χ0v) is 8.25. The Labute approximate surface area is 90.2 Å². The van der Waals surface area contributed by atoms with Gasteiger partial charge in [-0.2, -0.15) is 0 Å². The Morgan fingerprint density at radius 3 is 3.00 bits per heavy atom. The number of H-pyrrole nitrogens is 1. The average molecular weight is 219 g/mol. The van der Waals surface area contributed by atoms with E-state index in [-0.39, 0.29) is 12.1 Å². The molecule has 0 fully saturated rings. The molecule has 0 saturated carbocycles. The first-order valence-electron chi connectivity index (χ1n) is 4.59. The van der Waals surface area contributed by atoms with Gasteiger partial charge >= 0.3 is 5.97 Å². The van der Waals surface area contributed by atoms with Crippen LogP contribution in [0, 0.1) is 0 Å². The maximum atomic E-state index is 11.4. The zero-order chi connectivity index (χ0) is 11.5. The third-order valence-electron chi connectivity index (χ3n) is 2.06. The molecular formula is C10H9N3O3. The molecule has 2 rings (SSSR count). The fourth-order valence-corrected chi connectivity index (χ4v) is 1.36. The Hall–Kier alpha value is -2.37. The van der Waals surface area contributed by atoms with Crippen LogP contribution in [0.5, 0.6) is 0 Å². The van der Waals surface area contributed by atoms with Crippen LogP contribution in [0.25, 0.3) is 11.3 Å². The van der Waals surface area contributed by atoms with Gasteiger partial charge in [0, 0.05) is 24.0 Å². The minimum atomic E-state index is -1.07. The van der Waals surface area contributed by atoms with Crippen LogP contribution in [0.4, 0.5) is 0 Å². The second-order valence-corrected chi connectivity index (χ2v) is 3.23. The number of aromatic amines is 1. The molecule has 2 heterocycles. The first-order valence-corrected chi connectivity index (χ1v) is 4.59. The van der Waals surface area contributed by atoms with Crippen molar-refractivity contribution < 1.29 is 9.90 Å². The number of nitrogens with zero attached hydrogens (tertiary/aromatic N) is 2. The lowest BCUT2D eigenvalue weighted by Gasteiger charge is -1.97. The van der Waals surface area contributed by atoms with Crippen LogP contribution in [0.15, 0.2) is 35.4 Å². The van der Waals surface area contributed by atoms with Crippen molar-refractivity contribution in [2.24, 2.45) is 0 Å². The van der Waals surface area contributed by atoms with Crippen molar-refractivity contribution in [3.63, 3.8) is 0 Å². The van der Waals surface area contributed by atoms with E-state index in [9.17, 15) is 9.59 Å². The van der Waals surface area contributed by atoms with Crippen molar-refractivity contribution >= 4 is 5.97 Å². The largest absolute Gasteiger partial charge is 0.480 e. The summed E-state index contributed by atoms with van der Waals surface area (Å²) < 4.78 is 1.03. The van der Waals surface area contributed by atoms with E-state index in [2.05, 4.69) is 10.1 Å². The highest BCUT2D eigenvalue weighted by atomic mass is 16.4. The Kier molecular flexibility index (Phi) is 2.55. The molecule has 6 heteroatoms. The van der Waals surface area contributed by atoms with E-state index in [0.29, 0.717) is 5.69 Å². The number of hydrogen-bond acceptors (Lipinski definition) is 3. The summed E-state index contributed by atoms with van der Waals surface area (Å²) in [5.41, 5.74) is 0.921. The number of pyridine rings is 1. The fourth-order valence-electron chi connectivity index (χ4n) is 1.36. The number of hydrogen-bond donors (Lipinski definition) is 2. The molecule has 2 aromatic rings. The van der Waals surface area contributed by atoms with E-state index < -0.39 is 5.97 Å². The Morgan fingerprint density at radius 2 is 2.38 bits per heavy atom. The minimum Gasteiger partial charge on any atom is -0.480 e. The van der Waals surface area contributed by atoms with E-state index in [1.54, 1.807) is 24.5 Å². The van der Waals surface area contributed by atoms with Gasteiger partial charge < -0.3 is 5.11 Å². The molecule has 0 spiro atoms. The molecule has 0 aliphatic carbocycles. The molecular weight excluding hydrogens is 210 g/mol. The Balaban J connectivity index is 2.38. The fraction of sp³-hybridized carbons (Fsp3) is 0.100. The Bertz CT molecular complexity index is 556. The second kappa shape index (κ2) is 4.01. The molecule has 0 aliphatic heterocycles. The van der Waals surface area contributed by atoms with E-state index in [4.69, 9.17) is 5.11 Å². The van der Waals surface area contributed by atoms with Gasteiger partial charge in [0.1, 0.15) is 6.54 Å². The first kappa shape index (κ1) is 10.2. The summed E-state index contributed by atoms with van der Waals surface area (Å²) in [6.45, 7) is -0.376. The third kappa shape index (κ3) is 2.00. The van der Waals surface area contributed by atoms with Gasteiger partial charge in [-0.15, -0.1) is 0 Å². The highest BCUT2D eigenvalue weighted by Crippen LogP contribution is 2.12. The number of aliphatic carboxylic acids is 1. The van der Waals surface area contributed by atoms with E-state index in [1.807, 2.05) is 0 Å². The predicted molar refractivity (Wildman–Crippen MR) is 55.9 cm³/mol. The van der Waals surface area contributed by atoms with Crippen LogP contribution in [-0.2, 0) is 11.3 Å². The molecule has 2 aromatic heterocycles. The van der Waals surface area contributed by atoms with Crippen LogP contribution in [0.2, 0.25) is 0 Å². The first-order chi connectivity index (χ1) is 7.66. The van der Waals surface area contributed by atoms with Crippen molar-refractivity contribution in [2.75, 3.05) is 0 Å². The van der Waals surface area contributed by atoms with Gasteiger partial charge in [0.15, 0.2) is 0 Å². The molecule has 0 bridgehead atoms. The van der Waals surface area contributed by atoms with Gasteiger partial charge in [0.2, 0.25) is 0 Å². The van der Waals surface area contributed by atoms with Crippen molar-refractivity contribution in [3.05, 3.63) is 40.9 Å². The maximum Gasteiger partial charge on any atom is 0.325 e. The van der Waals surface area contributed by atoms with E-state index in [0.717, 1.165) is 10.2 Å². The lowest BCUT2D eigenvalue weighted by molar-refractivity contribution is -0.137. The standard InChI is InChI=1S/C10H9N3O3/c14-9-4-8(7-2-1-3-11-5-7)12-13(9)6-10(15)16/h1-5,12H,6H2,(H,15,16). The van der Waals surface area contributed by atoms with Crippen LogP contribution in [0.3, 0.4) is 0 Å². The van der Waals surface area contributed by atoms with Gasteiger partial charge in [-0.05, 0) is 12.1 Å². The van der Waals surface area contributed by atoms with E-state index >= 15 is 0 Å². The molecule has 0 atom stereocenters. The van der Waals surface area contributed by atoms with Gasteiger partial charge in [0.25, 0.3) is 5.56 Å². The monoisotopic (exact) mass is 219 g/mol. The summed E-state index contributed by atoms with van der Waals surface area (Å²) in [6.07, 6.45) is 3.21. The molecule has 0 radical (unpaired) electrons. The zero-order valence-electron chi connectivity index (χ0n) is 8.25. The van der Waals surface area contributed by atoms with Gasteiger partial charge in [0.05, 0.1) is 5.69 Å². The lowest BCUT2D eigenvalue weighted by atomic mass is 10.2. The van der Waals surface area contributed by atoms with Gasteiger partial charge in [-0.3, -0.25) is 19.7 Å². The number of nitrogens with one attached hydrogen (secondary N) is 1. The van der Waals surface area contributed by atoms with Crippen molar-refractivity contribution in [3.8, 4) is 11.3 Å². The van der Waals surface area contributed by atoms with Gasteiger partial charge in [-0.1, -0.05) is 0 Å². The maximum absolute atomic E-state index is 11.4. The lowest BCUT2D eigenvalue weighted by Crippen LogP contribution is -2.20. The summed E-state index contributed by atoms with van der Waals surface area (Å²) >= 11 is 0. The summed E-state index contributed by atoms with van der Waals surface area (Å²) in [6, 6.07) is 4.87. The van der Waals surface area contributed by atoms with Gasteiger partial charge in [-0.25, -0.2) is 4.68 Å². The summed E-state index contributed by atoms with van der Waals surface area (Å²) in [5.74, 6) is -1.07. The predicted octanol–water partition coefficient (Wildman–Crippen LogP) is 0.323. The average Bonchev–Trinajstić information content (AvgIpc) is 2.61. The number of rotatable bonds is 3. The minimum absolute atomic E-state index is 0.374. The highest BCUT2D eigenvalue weighted by Gasteiger charge is 2.07. The molecule has 2 N–H and O–H groups in total. The number of carboxylic acids is 1. The quantitative estimate of drug-likeness (QED) is 0.778. The number of carbonyl (C=O) groups is 1. The van der Waals surface area contributed by atoms with Crippen molar-refractivity contribution in [1.29, 1.82) is 0 Å². The Morgan fingerprint density at radius 1 is 1.56 bits per heavy atom. The molecule has 0 amide bonds. The smallest absolute Gasteiger partial charge is 0.325 e. The summed E-state index contributed by atoms with van der Waals surface area (Å²) in [4.78, 5) is 25.8. The van der Waals surface area contributed by atoms with Crippen molar-refractivity contribution in [1.82, 2.24) is 14.8 Å². The normalized spacial score (nSPS) is 10.2. The second-order valence-electron chi connectivity index (χ2n) is 3.23. The molecule has 0 aromatic carbocycles. The molecule has 82 valence electrons. The molecule has 16 heavy (non-hydrogen) atoms. The molecule has 6 nitrogen and oxygen atoms in total. The van der Waals surface area contributed by atoms with Crippen LogP contribution in [0.1, 0.15) is 0 Å². The van der Waals surface area contributed by atoms with Crippen LogP contribution in [-0.4, -0.2) is 25.8 Å². The molecule has 0 aliphatic rings. The van der Waals surface area contributed by atoms with Crippen molar-refractivity contribution in [2.45, 2.75) is 6.54 Å². The highest BCUT2D eigenvalue weighted by molar-refractivity contribution is 5.66. The number of carboxylic acid groups (broad SMARTS) is 1. The summed E-state index contributed by atoms with van der Waals surface area (Å²) in [5, 5.41) is 11.3. The SMILES string of the molecule is O=C(O)Cn1[nH]c(-c2cccnc2)cc1=O. The molecule has 0 unspecified atom stereocenters. The number of aromatic nitrogens is 3.